The molecule has 0 aromatic rings. The molecule has 1 aliphatic rings. The largest absolute Gasteiger partial charge is 0.482 e. The molecular weight excluding hydrogens is 272 g/mol. The van der Waals surface area contributed by atoms with E-state index in [4.69, 9.17) is 10.2 Å². The van der Waals surface area contributed by atoms with Gasteiger partial charge >= 0.3 is 0 Å². The smallest absolute Gasteiger partial charge is 0.217 e. The van der Waals surface area contributed by atoms with E-state index in [1.807, 2.05) is 0 Å². The first-order chi connectivity index (χ1) is 9.43. The molecule has 0 saturated carbocycles. The highest BCUT2D eigenvalue weighted by Crippen LogP contribution is 2.03. The molecule has 0 bridgehead atoms. The van der Waals surface area contributed by atoms with Crippen molar-refractivity contribution in [3.8, 4) is 0 Å². The SMILES string of the molecule is C1=NCCO1.CC(=O)N[C@H](C=O)[C@@H](O)[C@H](O)[C@H](O)CO. The van der Waals surface area contributed by atoms with Crippen LogP contribution >= 0.6 is 0 Å². The Morgan fingerprint density at radius 2 is 2.10 bits per heavy atom. The monoisotopic (exact) mass is 292 g/mol. The van der Waals surface area contributed by atoms with Crippen molar-refractivity contribution >= 4 is 18.6 Å². The summed E-state index contributed by atoms with van der Waals surface area (Å²) in [5, 5.41) is 38.2. The summed E-state index contributed by atoms with van der Waals surface area (Å²) in [5.41, 5.74) is 0. The van der Waals surface area contributed by atoms with Gasteiger partial charge in [0.25, 0.3) is 0 Å². The number of nitrogens with one attached hydrogen (secondary N) is 1. The van der Waals surface area contributed by atoms with E-state index in [0.29, 0.717) is 0 Å². The van der Waals surface area contributed by atoms with Gasteiger partial charge in [-0.25, -0.2) is 0 Å². The second kappa shape index (κ2) is 10.3. The molecule has 0 aliphatic carbocycles. The van der Waals surface area contributed by atoms with E-state index >= 15 is 0 Å². The third kappa shape index (κ3) is 7.14. The van der Waals surface area contributed by atoms with Crippen molar-refractivity contribution in [3.63, 3.8) is 0 Å². The van der Waals surface area contributed by atoms with E-state index in [9.17, 15) is 19.8 Å². The van der Waals surface area contributed by atoms with Crippen molar-refractivity contribution in [2.24, 2.45) is 4.99 Å². The number of hydrogen-bond acceptors (Lipinski definition) is 8. The fourth-order valence-electron chi connectivity index (χ4n) is 1.25. The number of aliphatic imine (C=N–C) groups is 1. The summed E-state index contributed by atoms with van der Waals surface area (Å²) in [6.45, 7) is 2.00. The fraction of sp³-hybridized carbons (Fsp3) is 0.727. The number of carbonyl (C=O) groups is 2. The number of aliphatic hydroxyl groups is 4. The molecule has 5 N–H and O–H groups in total. The minimum absolute atomic E-state index is 0.235. The van der Waals surface area contributed by atoms with Crippen molar-refractivity contribution in [1.29, 1.82) is 0 Å². The Balaban J connectivity index is 0.000000595. The van der Waals surface area contributed by atoms with Gasteiger partial charge in [-0.1, -0.05) is 0 Å². The molecule has 9 nitrogen and oxygen atoms in total. The molecule has 1 rings (SSSR count). The second-order valence-electron chi connectivity index (χ2n) is 3.98. The van der Waals surface area contributed by atoms with Gasteiger partial charge in [0.2, 0.25) is 5.91 Å². The number of nitrogens with zero attached hydrogens (tertiary/aromatic N) is 1. The summed E-state index contributed by atoms with van der Waals surface area (Å²) < 4.78 is 4.65. The Morgan fingerprint density at radius 3 is 2.40 bits per heavy atom. The summed E-state index contributed by atoms with van der Waals surface area (Å²) in [6.07, 6.45) is -3.24. The van der Waals surface area contributed by atoms with E-state index in [2.05, 4.69) is 15.0 Å². The van der Waals surface area contributed by atoms with Crippen LogP contribution in [0.5, 0.6) is 0 Å². The average molecular weight is 292 g/mol. The molecule has 20 heavy (non-hydrogen) atoms. The lowest BCUT2D eigenvalue weighted by Gasteiger charge is -2.25. The van der Waals surface area contributed by atoms with Gasteiger partial charge in [0.05, 0.1) is 13.2 Å². The first-order valence-electron chi connectivity index (χ1n) is 5.91. The molecule has 1 aliphatic heterocycles. The Labute approximate surface area is 115 Å². The Morgan fingerprint density at radius 1 is 1.45 bits per heavy atom. The Kier molecular flexibility index (Phi) is 9.47. The molecule has 0 saturated heterocycles. The van der Waals surface area contributed by atoms with Gasteiger partial charge < -0.3 is 35.3 Å². The standard InChI is InChI=1S/C8H15NO6.C3H5NO/c1-4(12)9-5(2-10)7(14)8(15)6(13)3-11;1-2-5-3-4-1/h2,5-8,11,13-15H,3H2,1H3,(H,9,12);3H,1-2H2/t5-,6-,7-,8-;/m1./s1. The molecule has 0 fully saturated rings. The maximum absolute atomic E-state index is 10.6. The van der Waals surface area contributed by atoms with Gasteiger partial charge in [0.15, 0.2) is 6.40 Å². The summed E-state index contributed by atoms with van der Waals surface area (Å²) in [4.78, 5) is 24.8. The highest BCUT2D eigenvalue weighted by Gasteiger charge is 2.31. The van der Waals surface area contributed by atoms with E-state index in [1.54, 1.807) is 0 Å². The fourth-order valence-corrected chi connectivity index (χ4v) is 1.25. The van der Waals surface area contributed by atoms with Crippen molar-refractivity contribution in [2.75, 3.05) is 19.8 Å². The van der Waals surface area contributed by atoms with Crippen LogP contribution < -0.4 is 5.32 Å². The Hall–Kier alpha value is -1.55. The molecule has 0 aromatic carbocycles. The van der Waals surface area contributed by atoms with Gasteiger partial charge in [-0.3, -0.25) is 9.79 Å². The summed E-state index contributed by atoms with van der Waals surface area (Å²) >= 11 is 0. The van der Waals surface area contributed by atoms with Crippen LogP contribution in [0, 0.1) is 0 Å². The van der Waals surface area contributed by atoms with Crippen molar-refractivity contribution < 1.29 is 34.8 Å². The molecule has 9 heteroatoms. The van der Waals surface area contributed by atoms with Crippen molar-refractivity contribution in [2.45, 2.75) is 31.3 Å². The quantitative estimate of drug-likeness (QED) is 0.324. The minimum Gasteiger partial charge on any atom is -0.482 e. The van der Waals surface area contributed by atoms with Crippen LogP contribution in [0.1, 0.15) is 6.92 Å². The van der Waals surface area contributed by atoms with E-state index < -0.39 is 36.9 Å². The molecule has 0 unspecified atom stereocenters. The summed E-state index contributed by atoms with van der Waals surface area (Å²) in [5.74, 6) is -0.558. The Bertz CT molecular complexity index is 318. The highest BCUT2D eigenvalue weighted by atomic mass is 16.5. The van der Waals surface area contributed by atoms with Gasteiger partial charge in [-0.15, -0.1) is 0 Å². The van der Waals surface area contributed by atoms with E-state index in [0.717, 1.165) is 20.1 Å². The normalized spacial score (nSPS) is 18.9. The number of amides is 1. The summed E-state index contributed by atoms with van der Waals surface area (Å²) in [7, 11) is 0. The molecule has 0 aromatic heterocycles. The average Bonchev–Trinajstić information content (AvgIpc) is 3.01. The van der Waals surface area contributed by atoms with Gasteiger partial charge in [-0.05, 0) is 0 Å². The second-order valence-corrected chi connectivity index (χ2v) is 3.98. The van der Waals surface area contributed by atoms with Crippen LogP contribution in [-0.2, 0) is 14.3 Å². The molecule has 0 spiro atoms. The molecule has 4 atom stereocenters. The number of ether oxygens (including phenoxy) is 1. The maximum atomic E-state index is 10.6. The summed E-state index contributed by atoms with van der Waals surface area (Å²) in [6, 6.07) is -1.32. The first-order valence-corrected chi connectivity index (χ1v) is 5.91. The predicted molar refractivity (Wildman–Crippen MR) is 68.1 cm³/mol. The number of aliphatic hydroxyl groups excluding tert-OH is 4. The molecule has 0 radical (unpaired) electrons. The number of rotatable bonds is 6. The highest BCUT2D eigenvalue weighted by molar-refractivity contribution is 5.77. The van der Waals surface area contributed by atoms with Gasteiger partial charge in [-0.2, -0.15) is 0 Å². The van der Waals surface area contributed by atoms with Crippen LogP contribution in [0.3, 0.4) is 0 Å². The molecule has 1 heterocycles. The lowest BCUT2D eigenvalue weighted by molar-refractivity contribution is -0.129. The zero-order valence-corrected chi connectivity index (χ0v) is 11.0. The first kappa shape index (κ1) is 18.4. The molecule has 1 amide bonds. The lowest BCUT2D eigenvalue weighted by atomic mass is 10.0. The number of aldehydes is 1. The number of carbonyl (C=O) groups excluding carboxylic acids is 2. The third-order valence-corrected chi connectivity index (χ3v) is 2.30. The van der Waals surface area contributed by atoms with Crippen molar-refractivity contribution in [3.05, 3.63) is 0 Å². The van der Waals surface area contributed by atoms with Crippen LogP contribution in [0.4, 0.5) is 0 Å². The van der Waals surface area contributed by atoms with Crippen LogP contribution in [0.25, 0.3) is 0 Å². The third-order valence-electron chi connectivity index (χ3n) is 2.30. The maximum Gasteiger partial charge on any atom is 0.217 e. The predicted octanol–water partition coefficient (Wildman–Crippen LogP) is -3.19. The van der Waals surface area contributed by atoms with Crippen LogP contribution in [0.15, 0.2) is 4.99 Å². The number of hydrogen-bond donors (Lipinski definition) is 5. The molecule has 116 valence electrons. The van der Waals surface area contributed by atoms with E-state index in [-0.39, 0.29) is 6.29 Å². The topological polar surface area (TPSA) is 149 Å². The zero-order valence-electron chi connectivity index (χ0n) is 11.0. The van der Waals surface area contributed by atoms with Gasteiger partial charge in [0.1, 0.15) is 37.2 Å². The molecular formula is C11H20N2O7. The lowest BCUT2D eigenvalue weighted by Crippen LogP contribution is -2.53. The van der Waals surface area contributed by atoms with Crippen molar-refractivity contribution in [1.82, 2.24) is 5.32 Å². The van der Waals surface area contributed by atoms with Crippen LogP contribution in [-0.4, -0.2) is 83.1 Å². The van der Waals surface area contributed by atoms with Crippen LogP contribution in [0.2, 0.25) is 0 Å². The van der Waals surface area contributed by atoms with Gasteiger partial charge in [0, 0.05) is 6.92 Å². The zero-order chi connectivity index (χ0) is 15.5. The van der Waals surface area contributed by atoms with E-state index in [1.165, 1.54) is 6.40 Å². The minimum atomic E-state index is -1.71.